The van der Waals surface area contributed by atoms with Crippen LogP contribution >= 0.6 is 0 Å². The molecule has 1 aromatic heterocycles. The third kappa shape index (κ3) is 7.77. The van der Waals surface area contributed by atoms with Crippen molar-refractivity contribution < 1.29 is 22.7 Å². The molecule has 0 unspecified atom stereocenters. The lowest BCUT2D eigenvalue weighted by molar-refractivity contribution is -0.141. The number of ether oxygens (including phenoxy) is 1. The van der Waals surface area contributed by atoms with Crippen molar-refractivity contribution in [3.63, 3.8) is 0 Å². The molecule has 1 amide bonds. The highest BCUT2D eigenvalue weighted by Crippen LogP contribution is 2.30. The van der Waals surface area contributed by atoms with Crippen LogP contribution in [0.4, 0.5) is 18.0 Å². The molecule has 11 heteroatoms. The van der Waals surface area contributed by atoms with Gasteiger partial charge >= 0.3 is 12.3 Å². The number of hydrogen-bond acceptors (Lipinski definition) is 6. The van der Waals surface area contributed by atoms with Crippen LogP contribution in [-0.2, 0) is 17.3 Å². The molecule has 0 bridgehead atoms. The number of carbonyl (C=O) groups excluding carboxylic acids is 1. The number of halogens is 3. The largest absolute Gasteiger partial charge is 0.444 e. The van der Waals surface area contributed by atoms with Crippen molar-refractivity contribution in [3.05, 3.63) is 35.6 Å². The summed E-state index contributed by atoms with van der Waals surface area (Å²) in [5, 5.41) is 11.3. The highest BCUT2D eigenvalue weighted by atomic mass is 19.4. The van der Waals surface area contributed by atoms with E-state index in [-0.39, 0.29) is 23.8 Å². The second-order valence-electron chi connectivity index (χ2n) is 7.92. The molecule has 0 spiro atoms. The summed E-state index contributed by atoms with van der Waals surface area (Å²) >= 11 is 0. The summed E-state index contributed by atoms with van der Waals surface area (Å²) < 4.78 is 45.6. The van der Waals surface area contributed by atoms with Crippen molar-refractivity contribution in [1.82, 2.24) is 14.9 Å². The Balaban J connectivity index is 3.24. The van der Waals surface area contributed by atoms with Crippen LogP contribution in [0.2, 0.25) is 0 Å². The molecule has 29 heavy (non-hydrogen) atoms. The molecule has 0 fully saturated rings. The Bertz CT molecular complexity index is 854. The molecule has 8 nitrogen and oxygen atoms in total. The molecule has 1 aromatic rings. The number of nitriles is 1. The van der Waals surface area contributed by atoms with Gasteiger partial charge in [0.1, 0.15) is 29.0 Å². The molecule has 0 aromatic carbocycles. The SMILES string of the molecule is CC(C)(Cc1nc(C(F)(F)F)cn1/C(N)=C/C=C(\N)C#N)NC(=O)OC(C)(C)C. The Kier molecular flexibility index (Phi) is 6.97. The molecule has 0 radical (unpaired) electrons. The molecule has 0 saturated heterocycles. The van der Waals surface area contributed by atoms with Gasteiger partial charge in [-0.1, -0.05) is 0 Å². The molecule has 0 saturated carbocycles. The Morgan fingerprint density at radius 1 is 1.28 bits per heavy atom. The molecule has 160 valence electrons. The van der Waals surface area contributed by atoms with Gasteiger partial charge in [-0.05, 0) is 46.8 Å². The Morgan fingerprint density at radius 2 is 1.86 bits per heavy atom. The van der Waals surface area contributed by atoms with Crippen molar-refractivity contribution >= 4 is 11.9 Å². The van der Waals surface area contributed by atoms with Gasteiger partial charge < -0.3 is 21.5 Å². The first-order chi connectivity index (χ1) is 13.0. The van der Waals surface area contributed by atoms with E-state index >= 15 is 0 Å². The second kappa shape index (κ2) is 8.46. The molecule has 0 aliphatic rings. The first-order valence-corrected chi connectivity index (χ1v) is 8.54. The van der Waals surface area contributed by atoms with Crippen molar-refractivity contribution in [3.8, 4) is 6.07 Å². The van der Waals surface area contributed by atoms with E-state index in [1.165, 1.54) is 6.08 Å². The predicted octanol–water partition coefficient (Wildman–Crippen LogP) is 2.87. The minimum Gasteiger partial charge on any atom is -0.444 e. The number of nitrogens with one attached hydrogen (secondary N) is 1. The van der Waals surface area contributed by atoms with E-state index in [0.717, 1.165) is 16.8 Å². The number of carbonyl (C=O) groups is 1. The lowest BCUT2D eigenvalue weighted by Crippen LogP contribution is -2.47. The monoisotopic (exact) mass is 414 g/mol. The third-order valence-electron chi connectivity index (χ3n) is 3.35. The third-order valence-corrected chi connectivity index (χ3v) is 3.35. The predicted molar refractivity (Wildman–Crippen MR) is 101 cm³/mol. The van der Waals surface area contributed by atoms with Crippen LogP contribution < -0.4 is 16.8 Å². The summed E-state index contributed by atoms with van der Waals surface area (Å²) in [5.74, 6) is -0.176. The number of rotatable bonds is 5. The minimum atomic E-state index is -4.69. The summed E-state index contributed by atoms with van der Waals surface area (Å²) in [5.41, 5.74) is 8.16. The summed E-state index contributed by atoms with van der Waals surface area (Å²) in [6, 6.07) is 1.67. The van der Waals surface area contributed by atoms with E-state index in [2.05, 4.69) is 10.3 Å². The van der Waals surface area contributed by atoms with Crippen molar-refractivity contribution in [2.24, 2.45) is 11.5 Å². The highest BCUT2D eigenvalue weighted by Gasteiger charge is 2.36. The van der Waals surface area contributed by atoms with Crippen LogP contribution in [-0.4, -0.2) is 26.8 Å². The van der Waals surface area contributed by atoms with E-state index in [1.807, 2.05) is 0 Å². The molecular formula is C18H25F3N6O2. The molecule has 1 heterocycles. The van der Waals surface area contributed by atoms with Crippen molar-refractivity contribution in [1.29, 1.82) is 5.26 Å². The normalized spacial score (nSPS) is 13.8. The van der Waals surface area contributed by atoms with Crippen LogP contribution in [0.1, 0.15) is 46.1 Å². The van der Waals surface area contributed by atoms with Gasteiger partial charge in [0.2, 0.25) is 0 Å². The highest BCUT2D eigenvalue weighted by molar-refractivity contribution is 5.68. The molecule has 0 aliphatic heterocycles. The van der Waals surface area contributed by atoms with Crippen molar-refractivity contribution in [2.45, 2.75) is 58.4 Å². The average molecular weight is 414 g/mol. The fourth-order valence-corrected chi connectivity index (χ4v) is 2.22. The number of amides is 1. The van der Waals surface area contributed by atoms with E-state index in [9.17, 15) is 18.0 Å². The topological polar surface area (TPSA) is 132 Å². The fourth-order valence-electron chi connectivity index (χ4n) is 2.22. The molecule has 1 rings (SSSR count). The number of nitrogens with two attached hydrogens (primary N) is 2. The maximum absolute atomic E-state index is 13.1. The average Bonchev–Trinajstić information content (AvgIpc) is 2.92. The number of allylic oxidation sites excluding steroid dienone is 3. The van der Waals surface area contributed by atoms with Crippen LogP contribution in [0.3, 0.4) is 0 Å². The van der Waals surface area contributed by atoms with Gasteiger partial charge in [-0.3, -0.25) is 4.57 Å². The number of hydrogen-bond donors (Lipinski definition) is 3. The number of alkyl halides is 3. The van der Waals surface area contributed by atoms with Crippen LogP contribution in [0, 0.1) is 11.3 Å². The number of alkyl carbamates (subject to hydrolysis) is 1. The lowest BCUT2D eigenvalue weighted by atomic mass is 10.0. The summed E-state index contributed by atoms with van der Waals surface area (Å²) in [6.07, 6.45) is -2.40. The van der Waals surface area contributed by atoms with Crippen LogP contribution in [0.25, 0.3) is 5.82 Å². The van der Waals surface area contributed by atoms with Crippen LogP contribution in [0.15, 0.2) is 24.0 Å². The molecule has 0 aliphatic carbocycles. The smallest absolute Gasteiger partial charge is 0.434 e. The van der Waals surface area contributed by atoms with Crippen LogP contribution in [0.5, 0.6) is 0 Å². The Hall–Kier alpha value is -3.16. The standard InChI is InChI=1S/C18H25F3N6O2/c1-16(2,3)29-15(28)26-17(4,5)8-14-25-12(18(19,20)21)10-27(14)13(24)7-6-11(23)9-22/h6-7,10H,8,23-24H2,1-5H3,(H,26,28)/b11-6-,13-7+. The van der Waals surface area contributed by atoms with Gasteiger partial charge in [-0.25, -0.2) is 9.78 Å². The zero-order chi connectivity index (χ0) is 22.6. The van der Waals surface area contributed by atoms with E-state index < -0.39 is 29.1 Å². The fraction of sp³-hybridized carbons (Fsp3) is 0.500. The zero-order valence-corrected chi connectivity index (χ0v) is 16.9. The summed E-state index contributed by atoms with van der Waals surface area (Å²) in [6.45, 7) is 8.28. The number of imidazole rings is 1. The molecular weight excluding hydrogens is 389 g/mol. The first kappa shape index (κ1) is 23.9. The van der Waals surface area contributed by atoms with Gasteiger partial charge in [0.05, 0.1) is 0 Å². The summed E-state index contributed by atoms with van der Waals surface area (Å²) in [7, 11) is 0. The van der Waals surface area contributed by atoms with Gasteiger partial charge in [-0.15, -0.1) is 0 Å². The van der Waals surface area contributed by atoms with E-state index in [4.69, 9.17) is 21.5 Å². The second-order valence-corrected chi connectivity index (χ2v) is 7.92. The van der Waals surface area contributed by atoms with Crippen molar-refractivity contribution in [2.75, 3.05) is 0 Å². The van der Waals surface area contributed by atoms with Gasteiger partial charge in [0.25, 0.3) is 0 Å². The Labute approximate surface area is 167 Å². The Morgan fingerprint density at radius 3 is 2.34 bits per heavy atom. The molecule has 5 N–H and O–H groups in total. The lowest BCUT2D eigenvalue weighted by Gasteiger charge is -2.28. The zero-order valence-electron chi connectivity index (χ0n) is 16.9. The van der Waals surface area contributed by atoms with E-state index in [0.29, 0.717) is 0 Å². The first-order valence-electron chi connectivity index (χ1n) is 8.54. The van der Waals surface area contributed by atoms with E-state index in [1.54, 1.807) is 40.7 Å². The summed E-state index contributed by atoms with van der Waals surface area (Å²) in [4.78, 5) is 15.7. The molecule has 0 atom stereocenters. The maximum atomic E-state index is 13.1. The maximum Gasteiger partial charge on any atom is 0.434 e. The number of aromatic nitrogens is 2. The minimum absolute atomic E-state index is 0.0453. The van der Waals surface area contributed by atoms with Gasteiger partial charge in [0.15, 0.2) is 5.69 Å². The van der Waals surface area contributed by atoms with Gasteiger partial charge in [0, 0.05) is 18.2 Å². The quantitative estimate of drug-likeness (QED) is 0.501. The number of nitrogens with zero attached hydrogens (tertiary/aromatic N) is 3. The van der Waals surface area contributed by atoms with Gasteiger partial charge in [-0.2, -0.15) is 18.4 Å².